The second kappa shape index (κ2) is 8.28. The zero-order valence-electron chi connectivity index (χ0n) is 15.2. The average Bonchev–Trinajstić information content (AvgIpc) is 3.10. The molecule has 140 valence electrons. The highest BCUT2D eigenvalue weighted by Gasteiger charge is 2.18. The summed E-state index contributed by atoms with van der Waals surface area (Å²) in [6.07, 6.45) is 0.333. The number of amides is 1. The minimum absolute atomic E-state index is 0.0235. The number of nitrogens with zero attached hydrogens (tertiary/aromatic N) is 2. The summed E-state index contributed by atoms with van der Waals surface area (Å²) in [6, 6.07) is 25.0. The van der Waals surface area contributed by atoms with Crippen molar-refractivity contribution in [2.75, 3.05) is 0 Å². The predicted octanol–water partition coefficient (Wildman–Crippen LogP) is 5.25. The van der Waals surface area contributed by atoms with Gasteiger partial charge in [0, 0.05) is 11.6 Å². The zero-order valence-corrected chi connectivity index (χ0v) is 16.0. The van der Waals surface area contributed by atoms with Gasteiger partial charge in [-0.05, 0) is 29.3 Å². The Bertz CT molecular complexity index is 1080. The van der Waals surface area contributed by atoms with Crippen LogP contribution in [0.4, 0.5) is 0 Å². The number of benzene rings is 3. The highest BCUT2D eigenvalue weighted by atomic mass is 35.5. The zero-order chi connectivity index (χ0) is 19.3. The van der Waals surface area contributed by atoms with E-state index in [4.69, 9.17) is 16.0 Å². The van der Waals surface area contributed by atoms with Gasteiger partial charge in [0.25, 0.3) is 0 Å². The van der Waals surface area contributed by atoms with Crippen molar-refractivity contribution in [1.29, 1.82) is 0 Å². The Kier molecular flexibility index (Phi) is 5.40. The van der Waals surface area contributed by atoms with Crippen LogP contribution in [0, 0.1) is 0 Å². The molecule has 4 aromatic rings. The first-order chi connectivity index (χ1) is 13.7. The molecule has 3 aromatic carbocycles. The van der Waals surface area contributed by atoms with Crippen molar-refractivity contribution in [3.63, 3.8) is 0 Å². The second-order valence-corrected chi connectivity index (χ2v) is 7.05. The van der Waals surface area contributed by atoms with Crippen LogP contribution in [0.15, 0.2) is 83.3 Å². The third-order valence-electron chi connectivity index (χ3n) is 4.49. The molecule has 4 nitrogen and oxygen atoms in total. The highest BCUT2D eigenvalue weighted by Crippen LogP contribution is 2.21. The van der Waals surface area contributed by atoms with E-state index in [0.29, 0.717) is 41.5 Å². The molecule has 0 aliphatic carbocycles. The molecule has 4 rings (SSSR count). The van der Waals surface area contributed by atoms with E-state index in [-0.39, 0.29) is 5.91 Å². The third kappa shape index (κ3) is 4.41. The first-order valence-corrected chi connectivity index (χ1v) is 9.46. The van der Waals surface area contributed by atoms with Crippen molar-refractivity contribution in [3.8, 4) is 0 Å². The Balaban J connectivity index is 1.58. The van der Waals surface area contributed by atoms with Gasteiger partial charge in [0.15, 0.2) is 5.58 Å². The van der Waals surface area contributed by atoms with Crippen LogP contribution in [0.25, 0.3) is 11.1 Å². The maximum absolute atomic E-state index is 13.0. The Morgan fingerprint density at radius 3 is 2.29 bits per heavy atom. The van der Waals surface area contributed by atoms with Gasteiger partial charge in [0.05, 0.1) is 13.0 Å². The van der Waals surface area contributed by atoms with E-state index in [1.165, 1.54) is 0 Å². The predicted molar refractivity (Wildman–Crippen MR) is 110 cm³/mol. The fourth-order valence-electron chi connectivity index (χ4n) is 3.10. The van der Waals surface area contributed by atoms with E-state index >= 15 is 0 Å². The molecule has 0 bridgehead atoms. The highest BCUT2D eigenvalue weighted by molar-refractivity contribution is 6.31. The molecular weight excluding hydrogens is 372 g/mol. The Morgan fingerprint density at radius 2 is 1.57 bits per heavy atom. The second-order valence-electron chi connectivity index (χ2n) is 6.62. The number of carbonyl (C=O) groups excluding carboxylic acids is 1. The standard InChI is InChI=1S/C23H19ClN2O2/c24-19-11-12-21-20(14-19)25-22(28-21)16-26(15-18-9-5-2-6-10-18)23(27)13-17-7-3-1-4-8-17/h1-12,14H,13,15-16H2. The van der Waals surface area contributed by atoms with Crippen LogP contribution >= 0.6 is 11.6 Å². The fraction of sp³-hybridized carbons (Fsp3) is 0.130. The van der Waals surface area contributed by atoms with Crippen LogP contribution in [0.3, 0.4) is 0 Å². The van der Waals surface area contributed by atoms with Crippen molar-refractivity contribution in [1.82, 2.24) is 9.88 Å². The lowest BCUT2D eigenvalue weighted by Gasteiger charge is -2.21. The van der Waals surface area contributed by atoms with Crippen molar-refractivity contribution in [3.05, 3.63) is 101 Å². The third-order valence-corrected chi connectivity index (χ3v) is 4.72. The van der Waals surface area contributed by atoms with Gasteiger partial charge >= 0.3 is 0 Å². The molecule has 1 amide bonds. The summed E-state index contributed by atoms with van der Waals surface area (Å²) in [6.45, 7) is 0.791. The lowest BCUT2D eigenvalue weighted by Crippen LogP contribution is -2.31. The van der Waals surface area contributed by atoms with Crippen LogP contribution in [0.1, 0.15) is 17.0 Å². The molecule has 0 saturated heterocycles. The molecule has 0 atom stereocenters. The summed E-state index contributed by atoms with van der Waals surface area (Å²) >= 11 is 6.04. The summed E-state index contributed by atoms with van der Waals surface area (Å²) in [7, 11) is 0. The molecule has 0 fully saturated rings. The molecule has 5 heteroatoms. The number of fused-ring (bicyclic) bond motifs is 1. The molecule has 0 aliphatic heterocycles. The van der Waals surface area contributed by atoms with Gasteiger partial charge in [-0.3, -0.25) is 4.79 Å². The average molecular weight is 391 g/mol. The summed E-state index contributed by atoms with van der Waals surface area (Å²) in [4.78, 5) is 19.3. The van der Waals surface area contributed by atoms with E-state index in [0.717, 1.165) is 11.1 Å². The summed E-state index contributed by atoms with van der Waals surface area (Å²) in [5.41, 5.74) is 3.39. The van der Waals surface area contributed by atoms with Crippen LogP contribution in [-0.2, 0) is 24.3 Å². The van der Waals surface area contributed by atoms with Gasteiger partial charge in [-0.25, -0.2) is 4.98 Å². The quantitative estimate of drug-likeness (QED) is 0.451. The Hall–Kier alpha value is -3.11. The van der Waals surface area contributed by atoms with Crippen molar-refractivity contribution in [2.24, 2.45) is 0 Å². The molecule has 0 N–H and O–H groups in total. The SMILES string of the molecule is O=C(Cc1ccccc1)N(Cc1ccccc1)Cc1nc2cc(Cl)ccc2o1. The largest absolute Gasteiger partial charge is 0.439 e. The van der Waals surface area contributed by atoms with Crippen molar-refractivity contribution >= 4 is 28.6 Å². The normalized spacial score (nSPS) is 10.9. The summed E-state index contributed by atoms with van der Waals surface area (Å²) in [5.74, 6) is 0.518. The number of hydrogen-bond acceptors (Lipinski definition) is 3. The van der Waals surface area contributed by atoms with E-state index in [9.17, 15) is 4.79 Å². The molecular formula is C23H19ClN2O2. The lowest BCUT2D eigenvalue weighted by molar-refractivity contribution is -0.132. The summed E-state index contributed by atoms with van der Waals surface area (Å²) < 4.78 is 5.83. The van der Waals surface area contributed by atoms with Gasteiger partial charge in [-0.15, -0.1) is 0 Å². The monoisotopic (exact) mass is 390 g/mol. The molecule has 0 unspecified atom stereocenters. The van der Waals surface area contributed by atoms with Gasteiger partial charge in [-0.2, -0.15) is 0 Å². The summed E-state index contributed by atoms with van der Waals surface area (Å²) in [5, 5.41) is 0.605. The van der Waals surface area contributed by atoms with Crippen LogP contribution in [0.2, 0.25) is 5.02 Å². The molecule has 1 heterocycles. The Labute approximate surface area is 168 Å². The first-order valence-electron chi connectivity index (χ1n) is 9.08. The number of oxazole rings is 1. The molecule has 0 aliphatic rings. The van der Waals surface area contributed by atoms with Gasteiger partial charge in [0.2, 0.25) is 11.8 Å². The van der Waals surface area contributed by atoms with E-state index in [1.807, 2.05) is 60.7 Å². The molecule has 0 radical (unpaired) electrons. The molecule has 28 heavy (non-hydrogen) atoms. The Morgan fingerprint density at radius 1 is 0.893 bits per heavy atom. The molecule has 0 saturated carbocycles. The van der Waals surface area contributed by atoms with E-state index in [1.54, 1.807) is 23.1 Å². The number of hydrogen-bond donors (Lipinski definition) is 0. The number of rotatable bonds is 6. The van der Waals surface area contributed by atoms with Crippen LogP contribution in [0.5, 0.6) is 0 Å². The number of carbonyl (C=O) groups is 1. The lowest BCUT2D eigenvalue weighted by atomic mass is 10.1. The first kappa shape index (κ1) is 18.3. The van der Waals surface area contributed by atoms with Gasteiger partial charge in [-0.1, -0.05) is 72.3 Å². The number of halogens is 1. The molecule has 0 spiro atoms. The van der Waals surface area contributed by atoms with E-state index in [2.05, 4.69) is 4.98 Å². The van der Waals surface area contributed by atoms with Gasteiger partial charge in [0.1, 0.15) is 5.52 Å². The smallest absolute Gasteiger partial charge is 0.227 e. The van der Waals surface area contributed by atoms with Crippen LogP contribution in [-0.4, -0.2) is 15.8 Å². The fourth-order valence-corrected chi connectivity index (χ4v) is 3.26. The van der Waals surface area contributed by atoms with Crippen molar-refractivity contribution < 1.29 is 9.21 Å². The topological polar surface area (TPSA) is 46.3 Å². The maximum Gasteiger partial charge on any atom is 0.227 e. The van der Waals surface area contributed by atoms with Crippen molar-refractivity contribution in [2.45, 2.75) is 19.5 Å². The number of aromatic nitrogens is 1. The van der Waals surface area contributed by atoms with E-state index < -0.39 is 0 Å². The minimum atomic E-state index is 0.0235. The van der Waals surface area contributed by atoms with Gasteiger partial charge < -0.3 is 9.32 Å². The van der Waals surface area contributed by atoms with Crippen LogP contribution < -0.4 is 0 Å². The minimum Gasteiger partial charge on any atom is -0.439 e. The maximum atomic E-state index is 13.0. The molecule has 1 aromatic heterocycles.